The van der Waals surface area contributed by atoms with Crippen LogP contribution in [-0.2, 0) is 11.2 Å². The molecule has 0 saturated carbocycles. The maximum Gasteiger partial charge on any atom is 0.179 e. The summed E-state index contributed by atoms with van der Waals surface area (Å²) in [5.74, 6) is 0.00000283. The maximum atomic E-state index is 12.0. The predicted octanol–water partition coefficient (Wildman–Crippen LogP) is 2.19. The number of ether oxygens (including phenoxy) is 1. The fourth-order valence-corrected chi connectivity index (χ4v) is 1.76. The molecule has 0 radical (unpaired) electrons. The maximum absolute atomic E-state index is 12.0. The van der Waals surface area contributed by atoms with Crippen molar-refractivity contribution in [1.82, 2.24) is 0 Å². The van der Waals surface area contributed by atoms with Crippen LogP contribution in [-0.4, -0.2) is 25.5 Å². The normalized spacial score (nSPS) is 12.4. The summed E-state index contributed by atoms with van der Waals surface area (Å²) in [6, 6.07) is 7.27. The molecule has 0 spiro atoms. The van der Waals surface area contributed by atoms with E-state index >= 15 is 0 Å². The topological polar surface area (TPSA) is 52.3 Å². The summed E-state index contributed by atoms with van der Waals surface area (Å²) in [5, 5.41) is 0. The average molecular weight is 235 g/mol. The smallest absolute Gasteiger partial charge is 0.179 e. The standard InChI is InChI=1S/C14H21NO2/c1-3-5-11-6-4-7-12(10-11)14(16)13(15)8-9-17-2/h4,6-7,10,13H,3,5,8-9,15H2,1-2H3. The number of hydrogen-bond acceptors (Lipinski definition) is 3. The van der Waals surface area contributed by atoms with Gasteiger partial charge in [-0.3, -0.25) is 4.79 Å². The third-order valence-electron chi connectivity index (χ3n) is 2.72. The number of methoxy groups -OCH3 is 1. The minimum absolute atomic E-state index is 0.00000283. The number of Topliss-reactive ketones (excluding diaryl/α,β-unsaturated/α-hetero) is 1. The van der Waals surface area contributed by atoms with E-state index in [9.17, 15) is 4.79 Å². The minimum Gasteiger partial charge on any atom is -0.385 e. The molecular weight excluding hydrogens is 214 g/mol. The van der Waals surface area contributed by atoms with Crippen molar-refractivity contribution in [3.8, 4) is 0 Å². The molecule has 0 bridgehead atoms. The molecular formula is C14H21NO2. The van der Waals surface area contributed by atoms with E-state index in [0.29, 0.717) is 18.6 Å². The second-order valence-electron chi connectivity index (χ2n) is 4.20. The Hall–Kier alpha value is -1.19. The van der Waals surface area contributed by atoms with E-state index in [4.69, 9.17) is 10.5 Å². The zero-order valence-electron chi connectivity index (χ0n) is 10.6. The Morgan fingerprint density at radius 2 is 2.24 bits per heavy atom. The number of ketones is 1. The van der Waals surface area contributed by atoms with Gasteiger partial charge in [0.25, 0.3) is 0 Å². The monoisotopic (exact) mass is 235 g/mol. The molecule has 1 aromatic rings. The number of aryl methyl sites for hydroxylation is 1. The van der Waals surface area contributed by atoms with Crippen molar-refractivity contribution in [2.24, 2.45) is 5.73 Å². The third-order valence-corrected chi connectivity index (χ3v) is 2.72. The second-order valence-corrected chi connectivity index (χ2v) is 4.20. The fourth-order valence-electron chi connectivity index (χ4n) is 1.76. The van der Waals surface area contributed by atoms with Crippen LogP contribution >= 0.6 is 0 Å². The Bertz CT molecular complexity index is 363. The molecule has 94 valence electrons. The van der Waals surface area contributed by atoms with Gasteiger partial charge >= 0.3 is 0 Å². The molecule has 17 heavy (non-hydrogen) atoms. The van der Waals surface area contributed by atoms with Gasteiger partial charge in [0, 0.05) is 19.3 Å². The first-order valence-electron chi connectivity index (χ1n) is 6.06. The van der Waals surface area contributed by atoms with Gasteiger partial charge in [0.2, 0.25) is 0 Å². The zero-order chi connectivity index (χ0) is 12.7. The molecule has 0 fully saturated rings. The number of rotatable bonds is 7. The zero-order valence-corrected chi connectivity index (χ0v) is 10.6. The first kappa shape index (κ1) is 13.9. The van der Waals surface area contributed by atoms with Crippen LogP contribution < -0.4 is 5.73 Å². The summed E-state index contributed by atoms with van der Waals surface area (Å²) < 4.78 is 4.93. The summed E-state index contributed by atoms with van der Waals surface area (Å²) in [5.41, 5.74) is 7.73. The quantitative estimate of drug-likeness (QED) is 0.737. The molecule has 0 saturated heterocycles. The lowest BCUT2D eigenvalue weighted by molar-refractivity contribution is 0.0935. The average Bonchev–Trinajstić information content (AvgIpc) is 2.35. The number of benzene rings is 1. The summed E-state index contributed by atoms with van der Waals surface area (Å²) in [7, 11) is 1.61. The van der Waals surface area contributed by atoms with E-state index in [1.807, 2.05) is 24.3 Å². The fraction of sp³-hybridized carbons (Fsp3) is 0.500. The van der Waals surface area contributed by atoms with Crippen LogP contribution in [0.2, 0.25) is 0 Å². The van der Waals surface area contributed by atoms with E-state index in [1.54, 1.807) is 7.11 Å². The first-order valence-corrected chi connectivity index (χ1v) is 6.06. The summed E-state index contributed by atoms with van der Waals surface area (Å²) >= 11 is 0. The van der Waals surface area contributed by atoms with Crippen LogP contribution in [0.5, 0.6) is 0 Å². The molecule has 0 aliphatic heterocycles. The number of carbonyl (C=O) groups is 1. The molecule has 0 amide bonds. The summed E-state index contributed by atoms with van der Waals surface area (Å²) in [6.07, 6.45) is 2.63. The molecule has 1 rings (SSSR count). The van der Waals surface area contributed by atoms with Gasteiger partial charge in [0.05, 0.1) is 6.04 Å². The van der Waals surface area contributed by atoms with Gasteiger partial charge in [0.15, 0.2) is 5.78 Å². The molecule has 0 aliphatic carbocycles. The predicted molar refractivity (Wildman–Crippen MR) is 69.2 cm³/mol. The van der Waals surface area contributed by atoms with Gasteiger partial charge < -0.3 is 10.5 Å². The molecule has 1 unspecified atom stereocenters. The Balaban J connectivity index is 2.70. The van der Waals surface area contributed by atoms with Crippen molar-refractivity contribution < 1.29 is 9.53 Å². The lowest BCUT2D eigenvalue weighted by Gasteiger charge is -2.10. The minimum atomic E-state index is -0.466. The lowest BCUT2D eigenvalue weighted by Crippen LogP contribution is -2.31. The highest BCUT2D eigenvalue weighted by atomic mass is 16.5. The molecule has 0 heterocycles. The van der Waals surface area contributed by atoms with E-state index < -0.39 is 6.04 Å². The van der Waals surface area contributed by atoms with Crippen molar-refractivity contribution in [2.75, 3.05) is 13.7 Å². The molecule has 0 aromatic heterocycles. The molecule has 0 aliphatic rings. The summed E-state index contributed by atoms with van der Waals surface area (Å²) in [4.78, 5) is 12.0. The Morgan fingerprint density at radius 3 is 2.88 bits per heavy atom. The Labute approximate surface area is 103 Å². The second kappa shape index (κ2) is 7.20. The SMILES string of the molecule is CCCc1cccc(C(=O)C(N)CCOC)c1. The van der Waals surface area contributed by atoms with Crippen molar-refractivity contribution in [1.29, 1.82) is 0 Å². The van der Waals surface area contributed by atoms with Gasteiger partial charge in [0.1, 0.15) is 0 Å². The van der Waals surface area contributed by atoms with E-state index in [-0.39, 0.29) is 5.78 Å². The van der Waals surface area contributed by atoms with Crippen LogP contribution in [0.15, 0.2) is 24.3 Å². The van der Waals surface area contributed by atoms with Gasteiger partial charge in [-0.1, -0.05) is 31.5 Å². The highest BCUT2D eigenvalue weighted by molar-refractivity contribution is 6.00. The van der Waals surface area contributed by atoms with E-state index in [1.165, 1.54) is 5.56 Å². The van der Waals surface area contributed by atoms with Crippen LogP contribution in [0.3, 0.4) is 0 Å². The largest absolute Gasteiger partial charge is 0.385 e. The number of carbonyl (C=O) groups excluding carboxylic acids is 1. The first-order chi connectivity index (χ1) is 8.19. The third kappa shape index (κ3) is 4.29. The van der Waals surface area contributed by atoms with E-state index in [2.05, 4.69) is 6.92 Å². The number of hydrogen-bond donors (Lipinski definition) is 1. The van der Waals surface area contributed by atoms with Crippen molar-refractivity contribution >= 4 is 5.78 Å². The van der Waals surface area contributed by atoms with Crippen LogP contribution in [0, 0.1) is 0 Å². The highest BCUT2D eigenvalue weighted by Crippen LogP contribution is 2.10. The molecule has 3 heteroatoms. The van der Waals surface area contributed by atoms with Gasteiger partial charge in [-0.05, 0) is 24.5 Å². The molecule has 2 N–H and O–H groups in total. The molecule has 3 nitrogen and oxygen atoms in total. The highest BCUT2D eigenvalue weighted by Gasteiger charge is 2.15. The van der Waals surface area contributed by atoms with Crippen LogP contribution in [0.4, 0.5) is 0 Å². The summed E-state index contributed by atoms with van der Waals surface area (Å²) in [6.45, 7) is 2.64. The van der Waals surface area contributed by atoms with Crippen molar-refractivity contribution in [2.45, 2.75) is 32.2 Å². The Morgan fingerprint density at radius 1 is 1.47 bits per heavy atom. The van der Waals surface area contributed by atoms with Gasteiger partial charge in [-0.25, -0.2) is 0 Å². The molecule has 1 aromatic carbocycles. The van der Waals surface area contributed by atoms with E-state index in [0.717, 1.165) is 12.8 Å². The van der Waals surface area contributed by atoms with Crippen LogP contribution in [0.25, 0.3) is 0 Å². The molecule has 1 atom stereocenters. The van der Waals surface area contributed by atoms with Gasteiger partial charge in [-0.2, -0.15) is 0 Å². The Kier molecular flexibility index (Phi) is 5.87. The van der Waals surface area contributed by atoms with Crippen molar-refractivity contribution in [3.05, 3.63) is 35.4 Å². The van der Waals surface area contributed by atoms with Crippen LogP contribution in [0.1, 0.15) is 35.7 Å². The van der Waals surface area contributed by atoms with Crippen molar-refractivity contribution in [3.63, 3.8) is 0 Å². The number of nitrogens with two attached hydrogens (primary N) is 1. The lowest BCUT2D eigenvalue weighted by atomic mass is 9.99. The van der Waals surface area contributed by atoms with Gasteiger partial charge in [-0.15, -0.1) is 0 Å².